The van der Waals surface area contributed by atoms with Crippen LogP contribution in [0.5, 0.6) is 11.5 Å². The number of carboxylic acids is 1. The van der Waals surface area contributed by atoms with E-state index in [0.717, 1.165) is 20.4 Å². The largest absolute Gasteiger partial charge is 0.490 e. The number of halogens is 2. The summed E-state index contributed by atoms with van der Waals surface area (Å²) >= 11 is 8.19. The Balaban J connectivity index is 2.33. The van der Waals surface area contributed by atoms with Gasteiger partial charge in [0.1, 0.15) is 0 Å². The van der Waals surface area contributed by atoms with Crippen LogP contribution in [0.4, 0.5) is 5.69 Å². The molecule has 0 aliphatic heterocycles. The Bertz CT molecular complexity index is 808. The molecule has 2 aromatic carbocycles. The first-order valence-corrected chi connectivity index (χ1v) is 8.98. The molecule has 1 N–H and O–H groups in total. The fourth-order valence-electron chi connectivity index (χ4n) is 2.08. The molecule has 0 heterocycles. The van der Waals surface area contributed by atoms with Gasteiger partial charge in [-0.2, -0.15) is 0 Å². The summed E-state index contributed by atoms with van der Waals surface area (Å²) in [6, 6.07) is 9.17. The summed E-state index contributed by atoms with van der Waals surface area (Å²) < 4.78 is 11.7. The van der Waals surface area contributed by atoms with Crippen LogP contribution < -0.4 is 9.47 Å². The van der Waals surface area contributed by atoms with E-state index in [1.165, 1.54) is 0 Å². The fraction of sp³-hybridized carbons (Fsp3) is 0.222. The summed E-state index contributed by atoms with van der Waals surface area (Å²) in [5.41, 5.74) is 2.50. The Kier molecular flexibility index (Phi) is 7.07. The molecule has 0 aliphatic rings. The second-order valence-electron chi connectivity index (χ2n) is 5.09. The molecule has 0 aromatic heterocycles. The van der Waals surface area contributed by atoms with E-state index in [4.69, 9.17) is 26.2 Å². The Hall–Kier alpha value is -1.80. The highest BCUT2D eigenvalue weighted by molar-refractivity contribution is 14.1. The van der Waals surface area contributed by atoms with Gasteiger partial charge in [-0.15, -0.1) is 0 Å². The smallest absolute Gasteiger partial charge is 0.341 e. The zero-order chi connectivity index (χ0) is 18.4. The van der Waals surface area contributed by atoms with Crippen LogP contribution in [0.25, 0.3) is 0 Å². The van der Waals surface area contributed by atoms with Crippen molar-refractivity contribution in [2.45, 2.75) is 13.8 Å². The molecule has 0 aliphatic carbocycles. The summed E-state index contributed by atoms with van der Waals surface area (Å²) in [7, 11) is 0. The first-order valence-electron chi connectivity index (χ1n) is 7.52. The first kappa shape index (κ1) is 19.5. The number of aliphatic imine (C=N–C) groups is 1. The third kappa shape index (κ3) is 5.34. The summed E-state index contributed by atoms with van der Waals surface area (Å²) in [4.78, 5) is 15.2. The van der Waals surface area contributed by atoms with Gasteiger partial charge in [-0.25, -0.2) is 4.79 Å². The molecule has 0 amide bonds. The lowest BCUT2D eigenvalue weighted by Crippen LogP contribution is -2.11. The predicted molar refractivity (Wildman–Crippen MR) is 107 cm³/mol. The molecule has 25 heavy (non-hydrogen) atoms. The van der Waals surface area contributed by atoms with E-state index in [1.807, 2.05) is 38.1 Å². The Morgan fingerprint density at radius 2 is 2.12 bits per heavy atom. The number of ether oxygens (including phenoxy) is 2. The number of hydrogen-bond acceptors (Lipinski definition) is 4. The lowest BCUT2D eigenvalue weighted by atomic mass is 10.2. The second-order valence-corrected chi connectivity index (χ2v) is 6.66. The topological polar surface area (TPSA) is 68.1 Å². The van der Waals surface area contributed by atoms with Gasteiger partial charge in [-0.3, -0.25) is 4.99 Å². The quantitative estimate of drug-likeness (QED) is 0.460. The van der Waals surface area contributed by atoms with Gasteiger partial charge in [0.2, 0.25) is 0 Å². The third-order valence-corrected chi connectivity index (χ3v) is 4.47. The molecule has 0 fully saturated rings. The number of rotatable bonds is 7. The van der Waals surface area contributed by atoms with Gasteiger partial charge in [-0.1, -0.05) is 17.7 Å². The standard InChI is InChI=1S/C18H17ClINO4/c1-3-24-16-8-12(7-14(20)18(16)25-10-17(22)23)9-21-15-6-4-5-13(19)11(15)2/h4-9H,3,10H2,1-2H3,(H,22,23). The molecule has 0 unspecified atom stereocenters. The van der Waals surface area contributed by atoms with Crippen LogP contribution in [-0.4, -0.2) is 30.5 Å². The van der Waals surface area contributed by atoms with Gasteiger partial charge < -0.3 is 14.6 Å². The molecule has 0 bridgehead atoms. The number of aliphatic carboxylic acids is 1. The van der Waals surface area contributed by atoms with Crippen molar-refractivity contribution in [3.63, 3.8) is 0 Å². The highest BCUT2D eigenvalue weighted by atomic mass is 127. The van der Waals surface area contributed by atoms with Gasteiger partial charge in [-0.05, 0) is 71.8 Å². The second kappa shape index (κ2) is 9.05. The van der Waals surface area contributed by atoms with Gasteiger partial charge >= 0.3 is 5.97 Å². The predicted octanol–water partition coefficient (Wildman–Crippen LogP) is 4.87. The van der Waals surface area contributed by atoms with Crippen molar-refractivity contribution in [2.75, 3.05) is 13.2 Å². The summed E-state index contributed by atoms with van der Waals surface area (Å²) in [5.74, 6) is -0.138. The molecule has 132 valence electrons. The maximum atomic E-state index is 10.7. The number of nitrogens with zero attached hydrogens (tertiary/aromatic N) is 1. The minimum Gasteiger partial charge on any atom is -0.490 e. The third-order valence-electron chi connectivity index (χ3n) is 3.26. The van der Waals surface area contributed by atoms with Crippen molar-refractivity contribution >= 4 is 52.1 Å². The molecule has 2 aromatic rings. The van der Waals surface area contributed by atoms with Crippen LogP contribution in [0.3, 0.4) is 0 Å². The zero-order valence-corrected chi connectivity index (χ0v) is 16.7. The lowest BCUT2D eigenvalue weighted by molar-refractivity contribution is -0.139. The van der Waals surface area contributed by atoms with E-state index < -0.39 is 12.6 Å². The minimum absolute atomic E-state index is 0.418. The highest BCUT2D eigenvalue weighted by Gasteiger charge is 2.13. The van der Waals surface area contributed by atoms with Gasteiger partial charge in [0.25, 0.3) is 0 Å². The molecule has 2 rings (SSSR count). The van der Waals surface area contributed by atoms with Crippen LogP contribution in [0.15, 0.2) is 35.3 Å². The van der Waals surface area contributed by atoms with Crippen molar-refractivity contribution in [1.29, 1.82) is 0 Å². The summed E-state index contributed by atoms with van der Waals surface area (Å²) in [6.07, 6.45) is 1.71. The van der Waals surface area contributed by atoms with E-state index >= 15 is 0 Å². The molecule has 0 spiro atoms. The van der Waals surface area contributed by atoms with Gasteiger partial charge in [0.15, 0.2) is 18.1 Å². The van der Waals surface area contributed by atoms with Crippen molar-refractivity contribution < 1.29 is 19.4 Å². The summed E-state index contributed by atoms with van der Waals surface area (Å²) in [5, 5.41) is 9.46. The molecule has 0 saturated carbocycles. The number of hydrogen-bond donors (Lipinski definition) is 1. The Morgan fingerprint density at radius 1 is 1.36 bits per heavy atom. The van der Waals surface area contributed by atoms with E-state index in [0.29, 0.717) is 23.1 Å². The van der Waals surface area contributed by atoms with Crippen LogP contribution >= 0.6 is 34.2 Å². The molecular weight excluding hydrogens is 457 g/mol. The highest BCUT2D eigenvalue weighted by Crippen LogP contribution is 2.34. The Labute approximate surface area is 164 Å². The maximum Gasteiger partial charge on any atom is 0.341 e. The minimum atomic E-state index is -1.04. The normalized spacial score (nSPS) is 10.9. The molecule has 0 saturated heterocycles. The van der Waals surface area contributed by atoms with E-state index in [1.54, 1.807) is 12.3 Å². The first-order chi connectivity index (χ1) is 11.9. The van der Waals surface area contributed by atoms with E-state index in [-0.39, 0.29) is 0 Å². The van der Waals surface area contributed by atoms with Crippen LogP contribution in [0.2, 0.25) is 5.02 Å². The molecule has 0 atom stereocenters. The Morgan fingerprint density at radius 3 is 2.80 bits per heavy atom. The van der Waals surface area contributed by atoms with Crippen molar-refractivity contribution in [2.24, 2.45) is 4.99 Å². The summed E-state index contributed by atoms with van der Waals surface area (Å²) in [6.45, 7) is 3.77. The average molecular weight is 474 g/mol. The lowest BCUT2D eigenvalue weighted by Gasteiger charge is -2.13. The van der Waals surface area contributed by atoms with Crippen molar-refractivity contribution in [3.8, 4) is 11.5 Å². The van der Waals surface area contributed by atoms with Crippen LogP contribution in [0.1, 0.15) is 18.1 Å². The molecule has 7 heteroatoms. The van der Waals surface area contributed by atoms with E-state index in [9.17, 15) is 4.79 Å². The molecular formula is C18H17ClINO4. The van der Waals surface area contributed by atoms with Crippen molar-refractivity contribution in [1.82, 2.24) is 0 Å². The maximum absolute atomic E-state index is 10.7. The molecule has 0 radical (unpaired) electrons. The monoisotopic (exact) mass is 473 g/mol. The fourth-order valence-corrected chi connectivity index (χ4v) is 3.03. The number of carboxylic acid groups (broad SMARTS) is 1. The number of carbonyl (C=O) groups is 1. The van der Waals surface area contributed by atoms with Crippen molar-refractivity contribution in [3.05, 3.63) is 50.1 Å². The average Bonchev–Trinajstić information content (AvgIpc) is 2.55. The molecule has 5 nitrogen and oxygen atoms in total. The van der Waals surface area contributed by atoms with Crippen LogP contribution in [0, 0.1) is 10.5 Å². The number of benzene rings is 2. The van der Waals surface area contributed by atoms with Gasteiger partial charge in [0, 0.05) is 11.2 Å². The zero-order valence-electron chi connectivity index (χ0n) is 13.8. The van der Waals surface area contributed by atoms with Crippen LogP contribution in [-0.2, 0) is 4.79 Å². The van der Waals surface area contributed by atoms with Gasteiger partial charge in [0.05, 0.1) is 15.9 Å². The SMILES string of the molecule is CCOc1cc(C=Nc2cccc(Cl)c2C)cc(I)c1OCC(=O)O. The van der Waals surface area contributed by atoms with E-state index in [2.05, 4.69) is 27.6 Å².